The molecule has 2 fully saturated rings. The lowest BCUT2D eigenvalue weighted by Gasteiger charge is -2.36. The number of benzene rings is 1. The molecule has 0 bridgehead atoms. The van der Waals surface area contributed by atoms with Crippen LogP contribution in [0.1, 0.15) is 32.6 Å². The summed E-state index contributed by atoms with van der Waals surface area (Å²) in [5.74, 6) is -0.992. The Hall–Kier alpha value is -2.64. The minimum Gasteiger partial charge on any atom is -0.489 e. The van der Waals surface area contributed by atoms with Crippen molar-refractivity contribution in [3.63, 3.8) is 0 Å². The minimum atomic E-state index is -0.873. The summed E-state index contributed by atoms with van der Waals surface area (Å²) in [6, 6.07) is 5.52. The van der Waals surface area contributed by atoms with E-state index < -0.39 is 17.4 Å². The van der Waals surface area contributed by atoms with Crippen LogP contribution >= 0.6 is 0 Å². The standard InChI is InChI=1S/C20H26FN3O4/c1-14-7-5-6-10-20(14)18(26)24(19(27)22-20)13-17(25)23(2)11-12-28-16-9-4-3-8-15(16)21/h3-4,8-9,14H,5-7,10-13H2,1-2H3,(H,22,27). The van der Waals surface area contributed by atoms with Crippen LogP contribution in [-0.4, -0.2) is 59.9 Å². The number of ether oxygens (including phenoxy) is 1. The number of hydrogen-bond donors (Lipinski definition) is 1. The van der Waals surface area contributed by atoms with Gasteiger partial charge in [-0.2, -0.15) is 0 Å². The van der Waals surface area contributed by atoms with Crippen molar-refractivity contribution in [1.82, 2.24) is 15.1 Å². The van der Waals surface area contributed by atoms with Crippen LogP contribution in [0.25, 0.3) is 0 Å². The highest BCUT2D eigenvalue weighted by Gasteiger charge is 2.55. The molecule has 0 aromatic heterocycles. The molecule has 152 valence electrons. The summed E-state index contributed by atoms with van der Waals surface area (Å²) in [6.07, 6.45) is 3.40. The molecular weight excluding hydrogens is 365 g/mol. The third kappa shape index (κ3) is 3.81. The van der Waals surface area contributed by atoms with Crippen molar-refractivity contribution in [2.75, 3.05) is 26.7 Å². The summed E-state index contributed by atoms with van der Waals surface area (Å²) in [7, 11) is 1.56. The third-order valence-electron chi connectivity index (χ3n) is 5.74. The molecule has 1 aromatic carbocycles. The Kier molecular flexibility index (Phi) is 5.86. The van der Waals surface area contributed by atoms with Crippen LogP contribution in [0.5, 0.6) is 5.75 Å². The Labute approximate surface area is 163 Å². The van der Waals surface area contributed by atoms with Crippen molar-refractivity contribution in [3.8, 4) is 5.75 Å². The molecular formula is C20H26FN3O4. The summed E-state index contributed by atoms with van der Waals surface area (Å²) in [6.45, 7) is 1.97. The molecule has 8 heteroatoms. The number of carbonyl (C=O) groups excluding carboxylic acids is 3. The summed E-state index contributed by atoms with van der Waals surface area (Å²) < 4.78 is 18.9. The Morgan fingerprint density at radius 1 is 1.36 bits per heavy atom. The highest BCUT2D eigenvalue weighted by Crippen LogP contribution is 2.38. The first kappa shape index (κ1) is 20.1. The number of rotatable bonds is 6. The zero-order chi connectivity index (χ0) is 20.3. The molecule has 2 aliphatic rings. The molecule has 1 aliphatic carbocycles. The van der Waals surface area contributed by atoms with Gasteiger partial charge >= 0.3 is 6.03 Å². The molecule has 7 nitrogen and oxygen atoms in total. The molecule has 0 radical (unpaired) electrons. The summed E-state index contributed by atoms with van der Waals surface area (Å²) >= 11 is 0. The largest absolute Gasteiger partial charge is 0.489 e. The van der Waals surface area contributed by atoms with Crippen LogP contribution in [0, 0.1) is 11.7 Å². The molecule has 1 heterocycles. The second-order valence-corrected chi connectivity index (χ2v) is 7.53. The predicted molar refractivity (Wildman–Crippen MR) is 100 cm³/mol. The minimum absolute atomic E-state index is 0.0460. The van der Waals surface area contributed by atoms with Gasteiger partial charge in [-0.15, -0.1) is 0 Å². The lowest BCUT2D eigenvalue weighted by Crippen LogP contribution is -2.54. The van der Waals surface area contributed by atoms with Crippen molar-refractivity contribution in [2.24, 2.45) is 5.92 Å². The van der Waals surface area contributed by atoms with E-state index in [1.807, 2.05) is 6.92 Å². The quantitative estimate of drug-likeness (QED) is 0.754. The van der Waals surface area contributed by atoms with Gasteiger partial charge < -0.3 is 15.0 Å². The smallest absolute Gasteiger partial charge is 0.325 e. The molecule has 1 saturated carbocycles. The number of hydrogen-bond acceptors (Lipinski definition) is 4. The third-order valence-corrected chi connectivity index (χ3v) is 5.74. The van der Waals surface area contributed by atoms with Crippen LogP contribution in [0.2, 0.25) is 0 Å². The fourth-order valence-corrected chi connectivity index (χ4v) is 3.87. The van der Waals surface area contributed by atoms with Gasteiger partial charge in [0, 0.05) is 7.05 Å². The van der Waals surface area contributed by atoms with Gasteiger partial charge in [0.1, 0.15) is 18.7 Å². The topological polar surface area (TPSA) is 79.0 Å². The van der Waals surface area contributed by atoms with E-state index in [1.54, 1.807) is 19.2 Å². The average molecular weight is 391 g/mol. The Morgan fingerprint density at radius 2 is 2.11 bits per heavy atom. The molecule has 1 aromatic rings. The molecule has 3 rings (SSSR count). The van der Waals surface area contributed by atoms with E-state index in [4.69, 9.17) is 4.74 Å². The van der Waals surface area contributed by atoms with E-state index in [0.717, 1.165) is 24.2 Å². The molecule has 1 spiro atoms. The van der Waals surface area contributed by atoms with E-state index in [9.17, 15) is 18.8 Å². The van der Waals surface area contributed by atoms with Crippen molar-refractivity contribution in [3.05, 3.63) is 30.1 Å². The van der Waals surface area contributed by atoms with Crippen molar-refractivity contribution >= 4 is 17.8 Å². The van der Waals surface area contributed by atoms with Gasteiger partial charge in [0.25, 0.3) is 5.91 Å². The first-order valence-electron chi connectivity index (χ1n) is 9.60. The van der Waals surface area contributed by atoms with Crippen LogP contribution < -0.4 is 10.1 Å². The number of imide groups is 1. The predicted octanol–water partition coefficient (Wildman–Crippen LogP) is 2.16. The number of halogens is 1. The maximum absolute atomic E-state index is 13.5. The van der Waals surface area contributed by atoms with Gasteiger partial charge in [0.15, 0.2) is 11.6 Å². The van der Waals surface area contributed by atoms with E-state index in [-0.39, 0.29) is 43.2 Å². The van der Waals surface area contributed by atoms with Gasteiger partial charge in [-0.25, -0.2) is 9.18 Å². The number of para-hydroxylation sites is 1. The van der Waals surface area contributed by atoms with Crippen LogP contribution in [0.3, 0.4) is 0 Å². The van der Waals surface area contributed by atoms with Crippen LogP contribution in [-0.2, 0) is 9.59 Å². The molecule has 28 heavy (non-hydrogen) atoms. The monoisotopic (exact) mass is 391 g/mol. The van der Waals surface area contributed by atoms with E-state index in [0.29, 0.717) is 6.42 Å². The summed E-state index contributed by atoms with van der Waals surface area (Å²) in [5.41, 5.74) is -0.873. The van der Waals surface area contributed by atoms with Gasteiger partial charge in [0.2, 0.25) is 5.91 Å². The first-order valence-corrected chi connectivity index (χ1v) is 9.60. The lowest BCUT2D eigenvalue weighted by molar-refractivity contribution is -0.140. The van der Waals surface area contributed by atoms with Crippen LogP contribution in [0.15, 0.2) is 24.3 Å². The Bertz CT molecular complexity index is 772. The molecule has 2 atom stereocenters. The number of nitrogens with zero attached hydrogens (tertiary/aromatic N) is 2. The summed E-state index contributed by atoms with van der Waals surface area (Å²) in [5, 5.41) is 2.83. The van der Waals surface area contributed by atoms with Crippen LogP contribution in [0.4, 0.5) is 9.18 Å². The van der Waals surface area contributed by atoms with Gasteiger partial charge in [0.05, 0.1) is 6.54 Å². The maximum Gasteiger partial charge on any atom is 0.325 e. The highest BCUT2D eigenvalue weighted by molar-refractivity contribution is 6.09. The van der Waals surface area contributed by atoms with Crippen molar-refractivity contribution in [2.45, 2.75) is 38.1 Å². The fourth-order valence-electron chi connectivity index (χ4n) is 3.87. The molecule has 1 aliphatic heterocycles. The second-order valence-electron chi connectivity index (χ2n) is 7.53. The zero-order valence-corrected chi connectivity index (χ0v) is 16.2. The van der Waals surface area contributed by atoms with Crippen molar-refractivity contribution < 1.29 is 23.5 Å². The normalized spacial score (nSPS) is 24.4. The Morgan fingerprint density at radius 3 is 2.82 bits per heavy atom. The molecule has 2 unspecified atom stereocenters. The van der Waals surface area contributed by atoms with E-state index in [2.05, 4.69) is 5.32 Å². The summed E-state index contributed by atoms with van der Waals surface area (Å²) in [4.78, 5) is 40.1. The maximum atomic E-state index is 13.5. The molecule has 1 saturated heterocycles. The van der Waals surface area contributed by atoms with Crippen molar-refractivity contribution in [1.29, 1.82) is 0 Å². The van der Waals surface area contributed by atoms with Gasteiger partial charge in [-0.1, -0.05) is 31.9 Å². The van der Waals surface area contributed by atoms with Gasteiger partial charge in [-0.05, 0) is 30.9 Å². The van der Waals surface area contributed by atoms with Gasteiger partial charge in [-0.3, -0.25) is 14.5 Å². The number of urea groups is 1. The number of amides is 4. The first-order chi connectivity index (χ1) is 13.3. The van der Waals surface area contributed by atoms with E-state index >= 15 is 0 Å². The Balaban J connectivity index is 1.54. The SMILES string of the molecule is CC1CCCCC12NC(=O)N(CC(=O)N(C)CCOc1ccccc1F)C2=O. The molecule has 4 amide bonds. The molecule has 1 N–H and O–H groups in total. The number of carbonyl (C=O) groups is 3. The lowest BCUT2D eigenvalue weighted by atomic mass is 9.73. The second kappa shape index (κ2) is 8.16. The fraction of sp³-hybridized carbons (Fsp3) is 0.550. The van der Waals surface area contributed by atoms with E-state index in [1.165, 1.54) is 17.0 Å². The zero-order valence-electron chi connectivity index (χ0n) is 16.2. The average Bonchev–Trinajstić information content (AvgIpc) is 2.90. The number of nitrogens with one attached hydrogen (secondary N) is 1. The number of likely N-dealkylation sites (N-methyl/N-ethyl adjacent to an activating group) is 1. The highest BCUT2D eigenvalue weighted by atomic mass is 19.1.